The van der Waals surface area contributed by atoms with Crippen molar-refractivity contribution in [3.63, 3.8) is 0 Å². The van der Waals surface area contributed by atoms with Crippen LogP contribution >= 0.6 is 0 Å². The van der Waals surface area contributed by atoms with Gasteiger partial charge < -0.3 is 25.2 Å². The molecular weight excluding hydrogens is 485 g/mol. The van der Waals surface area contributed by atoms with Crippen LogP contribution in [0.15, 0.2) is 67.6 Å². The highest BCUT2D eigenvalue weighted by Gasteiger charge is 2.31. The number of aromatic nitrogens is 3. The number of hydrogen-bond acceptors (Lipinski definition) is 8. The number of carbonyl (C=O) groups is 1. The molecule has 0 atom stereocenters. The third-order valence-electron chi connectivity index (χ3n) is 6.57. The average molecular weight is 514 g/mol. The third kappa shape index (κ3) is 4.98. The summed E-state index contributed by atoms with van der Waals surface area (Å²) in [5.41, 5.74) is 4.02. The quantitative estimate of drug-likeness (QED) is 0.334. The zero-order valence-corrected chi connectivity index (χ0v) is 21.4. The molecule has 0 radical (unpaired) electrons. The first-order valence-electron chi connectivity index (χ1n) is 12.1. The first kappa shape index (κ1) is 25.1. The number of likely N-dealkylation sites (N-methyl/N-ethyl adjacent to an activating group) is 1. The molecule has 3 heterocycles. The fourth-order valence-corrected chi connectivity index (χ4v) is 4.39. The Hall–Kier alpha value is -4.57. The highest BCUT2D eigenvalue weighted by Crippen LogP contribution is 2.40. The second-order valence-corrected chi connectivity index (χ2v) is 9.24. The van der Waals surface area contributed by atoms with Crippen molar-refractivity contribution in [2.24, 2.45) is 0 Å². The molecule has 0 saturated carbocycles. The van der Waals surface area contributed by atoms with Crippen molar-refractivity contribution >= 4 is 39.8 Å². The number of rotatable bonds is 8. The van der Waals surface area contributed by atoms with E-state index in [0.717, 1.165) is 35.9 Å². The predicted molar refractivity (Wildman–Crippen MR) is 148 cm³/mol. The summed E-state index contributed by atoms with van der Waals surface area (Å²) in [6, 6.07) is 11.2. The van der Waals surface area contributed by atoms with Gasteiger partial charge in [0.1, 0.15) is 11.6 Å². The van der Waals surface area contributed by atoms with Crippen LogP contribution in [-0.4, -0.2) is 66.1 Å². The van der Waals surface area contributed by atoms with Crippen molar-refractivity contribution in [1.82, 2.24) is 19.9 Å². The van der Waals surface area contributed by atoms with Crippen LogP contribution in [0.4, 0.5) is 27.4 Å². The molecule has 2 N–H and O–H groups in total. The van der Waals surface area contributed by atoms with Crippen LogP contribution in [0.25, 0.3) is 22.0 Å². The molecule has 5 rings (SSSR count). The second kappa shape index (κ2) is 10.4. The smallest absolute Gasteiger partial charge is 0.247 e. The van der Waals surface area contributed by atoms with Crippen molar-refractivity contribution in [3.8, 4) is 16.9 Å². The molecule has 1 aliphatic rings. The number of benzene rings is 2. The Kier molecular flexibility index (Phi) is 6.89. The molecule has 1 saturated heterocycles. The Balaban J connectivity index is 1.52. The Morgan fingerprint density at radius 1 is 1.18 bits per heavy atom. The van der Waals surface area contributed by atoms with E-state index in [4.69, 9.17) is 9.72 Å². The molecule has 1 fully saturated rings. The number of para-hydroxylation sites is 1. The minimum absolute atomic E-state index is 0.317. The first-order chi connectivity index (χ1) is 18.4. The number of carbonyl (C=O) groups excluding carboxylic acids is 1. The zero-order chi connectivity index (χ0) is 26.8. The molecule has 10 heteroatoms. The number of anilines is 4. The van der Waals surface area contributed by atoms with E-state index in [1.807, 2.05) is 24.3 Å². The van der Waals surface area contributed by atoms with E-state index in [2.05, 4.69) is 51.1 Å². The largest absolute Gasteiger partial charge is 0.494 e. The van der Waals surface area contributed by atoms with Crippen LogP contribution in [0.2, 0.25) is 0 Å². The first-order valence-corrected chi connectivity index (χ1v) is 12.1. The molecule has 2 aromatic heterocycles. The van der Waals surface area contributed by atoms with Gasteiger partial charge in [0, 0.05) is 54.1 Å². The zero-order valence-electron chi connectivity index (χ0n) is 21.4. The van der Waals surface area contributed by atoms with E-state index < -0.39 is 5.82 Å². The number of nitrogens with zero attached hydrogens (tertiary/aromatic N) is 5. The molecule has 1 amide bonds. The molecule has 0 unspecified atom stereocenters. The lowest BCUT2D eigenvalue weighted by Gasteiger charge is -2.45. The van der Waals surface area contributed by atoms with Crippen LogP contribution in [0, 0.1) is 5.82 Å². The molecule has 0 spiro atoms. The van der Waals surface area contributed by atoms with Crippen molar-refractivity contribution < 1.29 is 13.9 Å². The van der Waals surface area contributed by atoms with E-state index in [1.165, 1.54) is 12.1 Å². The Morgan fingerprint density at radius 3 is 2.71 bits per heavy atom. The summed E-state index contributed by atoms with van der Waals surface area (Å²) in [6.07, 6.45) is 5.69. The van der Waals surface area contributed by atoms with Crippen LogP contribution in [0.5, 0.6) is 5.75 Å². The van der Waals surface area contributed by atoms with Gasteiger partial charge in [-0.3, -0.25) is 9.78 Å². The van der Waals surface area contributed by atoms with Gasteiger partial charge in [0.15, 0.2) is 0 Å². The van der Waals surface area contributed by atoms with Gasteiger partial charge in [0.25, 0.3) is 0 Å². The lowest BCUT2D eigenvalue weighted by atomic mass is 10.0. The van der Waals surface area contributed by atoms with Gasteiger partial charge in [-0.05, 0) is 32.3 Å². The monoisotopic (exact) mass is 513 g/mol. The summed E-state index contributed by atoms with van der Waals surface area (Å²) in [5.74, 6) is 0.140. The molecule has 9 nitrogen and oxygen atoms in total. The van der Waals surface area contributed by atoms with E-state index >= 15 is 0 Å². The maximum atomic E-state index is 13.9. The van der Waals surface area contributed by atoms with E-state index in [0.29, 0.717) is 40.2 Å². The molecule has 2 aromatic carbocycles. The fraction of sp³-hybridized carbons (Fsp3) is 0.214. The van der Waals surface area contributed by atoms with E-state index in [1.54, 1.807) is 25.6 Å². The summed E-state index contributed by atoms with van der Waals surface area (Å²) < 4.78 is 19.6. The molecule has 0 bridgehead atoms. The van der Waals surface area contributed by atoms with Crippen LogP contribution in [0.1, 0.15) is 0 Å². The van der Waals surface area contributed by atoms with Gasteiger partial charge in [0.05, 0.1) is 35.9 Å². The minimum Gasteiger partial charge on any atom is -0.494 e. The van der Waals surface area contributed by atoms with Gasteiger partial charge in [-0.25, -0.2) is 14.4 Å². The number of methoxy groups -OCH3 is 1. The number of ether oxygens (including phenoxy) is 1. The predicted octanol–water partition coefficient (Wildman–Crippen LogP) is 4.46. The highest BCUT2D eigenvalue weighted by molar-refractivity contribution is 6.02. The van der Waals surface area contributed by atoms with Gasteiger partial charge in [0.2, 0.25) is 11.9 Å². The minimum atomic E-state index is -0.426. The Bertz CT molecular complexity index is 1520. The molecule has 194 valence electrons. The van der Waals surface area contributed by atoms with Gasteiger partial charge in [-0.15, -0.1) is 0 Å². The van der Waals surface area contributed by atoms with E-state index in [-0.39, 0.29) is 5.91 Å². The number of nitrogens with one attached hydrogen (secondary N) is 2. The molecular formula is C28H28FN7O2. The van der Waals surface area contributed by atoms with Crippen LogP contribution < -0.4 is 20.3 Å². The highest BCUT2D eigenvalue weighted by atomic mass is 19.1. The number of hydrogen-bond donors (Lipinski definition) is 2. The fourth-order valence-electron chi connectivity index (χ4n) is 4.39. The number of pyridine rings is 1. The number of amides is 1. The summed E-state index contributed by atoms with van der Waals surface area (Å²) in [5, 5.41) is 6.93. The lowest BCUT2D eigenvalue weighted by molar-refractivity contribution is -0.111. The van der Waals surface area contributed by atoms with Gasteiger partial charge in [-0.1, -0.05) is 24.8 Å². The van der Waals surface area contributed by atoms with Crippen LogP contribution in [0.3, 0.4) is 0 Å². The standard InChI is InChI=1S/C28H28FN7O2/c1-5-26(37)32-22-10-23(25(38-4)11-24(22)36-15-20(16-36)35(2)3)33-28-31-13-17-7-6-8-21(27(17)34-28)18-9-19(29)14-30-12-18/h5-14,20H,1,15-16H2,2-4H3,(H,32,37)(H,31,33,34). The second-order valence-electron chi connectivity index (χ2n) is 9.24. The normalized spacial score (nSPS) is 13.3. The topological polar surface area (TPSA) is 95.5 Å². The Labute approximate surface area is 220 Å². The van der Waals surface area contributed by atoms with Crippen LogP contribution in [-0.2, 0) is 4.79 Å². The molecule has 0 aliphatic carbocycles. The summed E-state index contributed by atoms with van der Waals surface area (Å²) in [7, 11) is 5.69. The van der Waals surface area contributed by atoms with Crippen molar-refractivity contribution in [2.45, 2.75) is 6.04 Å². The Morgan fingerprint density at radius 2 is 2.00 bits per heavy atom. The average Bonchev–Trinajstić information content (AvgIpc) is 2.88. The molecule has 38 heavy (non-hydrogen) atoms. The van der Waals surface area contributed by atoms with Crippen molar-refractivity contribution in [2.75, 3.05) is 49.8 Å². The maximum Gasteiger partial charge on any atom is 0.247 e. The van der Waals surface area contributed by atoms with Gasteiger partial charge >= 0.3 is 0 Å². The van der Waals surface area contributed by atoms with Crippen molar-refractivity contribution in [1.29, 1.82) is 0 Å². The number of fused-ring (bicyclic) bond motifs is 1. The molecule has 1 aliphatic heterocycles. The molecule has 4 aromatic rings. The van der Waals surface area contributed by atoms with Crippen molar-refractivity contribution in [3.05, 3.63) is 73.5 Å². The summed E-state index contributed by atoms with van der Waals surface area (Å²) in [4.78, 5) is 29.8. The SMILES string of the molecule is C=CC(=O)Nc1cc(Nc2ncc3cccc(-c4cncc(F)c4)c3n2)c(OC)cc1N1CC(N(C)C)C1. The van der Waals surface area contributed by atoms with E-state index in [9.17, 15) is 9.18 Å². The maximum absolute atomic E-state index is 13.9. The third-order valence-corrected chi connectivity index (χ3v) is 6.57. The summed E-state index contributed by atoms with van der Waals surface area (Å²) >= 11 is 0. The number of halogens is 1. The summed E-state index contributed by atoms with van der Waals surface area (Å²) in [6.45, 7) is 5.22. The van der Waals surface area contributed by atoms with Gasteiger partial charge in [-0.2, -0.15) is 0 Å². The lowest BCUT2D eigenvalue weighted by Crippen LogP contribution is -2.57.